The van der Waals surface area contributed by atoms with Gasteiger partial charge < -0.3 is 24.3 Å². The molecule has 0 amide bonds. The molecule has 0 bridgehead atoms. The minimum absolute atomic E-state index is 0.0631. The van der Waals surface area contributed by atoms with Crippen LogP contribution in [0.15, 0.2) is 79.0 Å². The van der Waals surface area contributed by atoms with Crippen LogP contribution >= 0.6 is 0 Å². The van der Waals surface area contributed by atoms with Crippen molar-refractivity contribution in [1.29, 1.82) is 0 Å². The Labute approximate surface area is 234 Å². The van der Waals surface area contributed by atoms with Gasteiger partial charge in [0, 0.05) is 18.0 Å². The van der Waals surface area contributed by atoms with E-state index in [1.807, 2.05) is 98.1 Å². The average Bonchev–Trinajstić information content (AvgIpc) is 3.26. The van der Waals surface area contributed by atoms with Crippen molar-refractivity contribution in [1.82, 2.24) is 4.57 Å². The third-order valence-electron chi connectivity index (χ3n) is 6.56. The van der Waals surface area contributed by atoms with E-state index in [4.69, 9.17) is 14.6 Å². The molecule has 0 saturated carbocycles. The molecule has 0 saturated heterocycles. The van der Waals surface area contributed by atoms with Crippen LogP contribution in [0.2, 0.25) is 0 Å². The molecule has 0 spiro atoms. The topological polar surface area (TPSA) is 98.0 Å². The molecule has 0 aliphatic rings. The van der Waals surface area contributed by atoms with E-state index in [0.717, 1.165) is 51.9 Å². The summed E-state index contributed by atoms with van der Waals surface area (Å²) in [6.45, 7) is 3.00. The highest BCUT2D eigenvalue weighted by Gasteiger charge is 2.16. The number of rotatable bonds is 15. The van der Waals surface area contributed by atoms with E-state index in [2.05, 4.69) is 0 Å². The molecule has 208 valence electrons. The van der Waals surface area contributed by atoms with Crippen LogP contribution in [0.5, 0.6) is 11.5 Å². The maximum atomic E-state index is 11.6. The lowest BCUT2D eigenvalue weighted by atomic mass is 9.97. The molecule has 0 unspecified atom stereocenters. The summed E-state index contributed by atoms with van der Waals surface area (Å²) in [5.74, 6) is -0.151. The lowest BCUT2D eigenvalue weighted by molar-refractivity contribution is -0.138. The lowest BCUT2D eigenvalue weighted by Crippen LogP contribution is -2.08. The number of fused-ring (bicyclic) bond motifs is 1. The van der Waals surface area contributed by atoms with Crippen LogP contribution in [0.4, 0.5) is 0 Å². The normalized spacial score (nSPS) is 12.0. The van der Waals surface area contributed by atoms with Gasteiger partial charge in [-0.25, -0.2) is 0 Å². The predicted molar refractivity (Wildman–Crippen MR) is 157 cm³/mol. The highest BCUT2D eigenvalue weighted by atomic mass is 16.5. The van der Waals surface area contributed by atoms with Crippen molar-refractivity contribution in [2.24, 2.45) is 5.92 Å². The molecule has 0 aliphatic carbocycles. The maximum absolute atomic E-state index is 11.6. The van der Waals surface area contributed by atoms with Crippen LogP contribution in [0.3, 0.4) is 0 Å². The first-order valence-electron chi connectivity index (χ1n) is 13.5. The molecule has 40 heavy (non-hydrogen) atoms. The van der Waals surface area contributed by atoms with Gasteiger partial charge in [0.1, 0.15) is 18.0 Å². The van der Waals surface area contributed by atoms with E-state index in [1.165, 1.54) is 0 Å². The molecule has 0 aliphatic heterocycles. The number of para-hydroxylation sites is 2. The summed E-state index contributed by atoms with van der Waals surface area (Å²) >= 11 is 0. The van der Waals surface area contributed by atoms with E-state index in [9.17, 15) is 14.7 Å². The van der Waals surface area contributed by atoms with Gasteiger partial charge in [0.15, 0.2) is 0 Å². The number of ether oxygens (including phenoxy) is 2. The molecule has 0 fully saturated rings. The summed E-state index contributed by atoms with van der Waals surface area (Å²) < 4.78 is 13.3. The Morgan fingerprint density at radius 3 is 2.15 bits per heavy atom. The van der Waals surface area contributed by atoms with Gasteiger partial charge in [-0.2, -0.15) is 0 Å². The third-order valence-corrected chi connectivity index (χ3v) is 6.56. The molecule has 2 N–H and O–H groups in total. The van der Waals surface area contributed by atoms with Gasteiger partial charge in [-0.15, -0.1) is 0 Å². The quantitative estimate of drug-likeness (QED) is 0.127. The molecule has 0 radical (unpaired) electrons. The molecule has 4 rings (SSSR count). The highest BCUT2D eigenvalue weighted by molar-refractivity contribution is 5.94. The minimum atomic E-state index is -0.930. The standard InChI is InChI=1S/C33H35NO6/c1-24(21-31(35)36)20-27-22-34(23-32(37)38)33-26(8-7-11-30(27)33)15-12-25-13-16-29(17-14-25)40-19-6-5-18-39-28-9-3-2-4-10-28/h2-4,7-17,22,24H,5-6,18-21,23H2,1H3,(H,35,36)(H,37,38)/t24-/m0/s1. The molecule has 7 nitrogen and oxygen atoms in total. The Morgan fingerprint density at radius 1 is 0.825 bits per heavy atom. The number of carboxylic acids is 2. The molecule has 1 aromatic heterocycles. The molecule has 1 heterocycles. The largest absolute Gasteiger partial charge is 0.494 e. The van der Waals surface area contributed by atoms with Crippen molar-refractivity contribution in [3.05, 3.63) is 95.7 Å². The van der Waals surface area contributed by atoms with Gasteiger partial charge in [0.05, 0.1) is 18.7 Å². The molecular weight excluding hydrogens is 506 g/mol. The van der Waals surface area contributed by atoms with Crippen LogP contribution in [-0.4, -0.2) is 39.9 Å². The van der Waals surface area contributed by atoms with Crippen LogP contribution in [-0.2, 0) is 22.6 Å². The van der Waals surface area contributed by atoms with E-state index >= 15 is 0 Å². The number of aliphatic carboxylic acids is 2. The van der Waals surface area contributed by atoms with Gasteiger partial charge in [-0.1, -0.05) is 67.6 Å². The fourth-order valence-electron chi connectivity index (χ4n) is 4.74. The first kappa shape index (κ1) is 28.5. The van der Waals surface area contributed by atoms with E-state index in [1.54, 1.807) is 4.57 Å². The van der Waals surface area contributed by atoms with Crippen molar-refractivity contribution in [2.75, 3.05) is 13.2 Å². The second-order valence-electron chi connectivity index (χ2n) is 9.95. The molecule has 4 aromatic rings. The summed E-state index contributed by atoms with van der Waals surface area (Å²) in [4.78, 5) is 22.7. The number of carbonyl (C=O) groups is 2. The Hall–Kier alpha value is -4.52. The summed E-state index contributed by atoms with van der Waals surface area (Å²) in [5, 5.41) is 19.6. The summed E-state index contributed by atoms with van der Waals surface area (Å²) in [5.41, 5.74) is 3.67. The number of hydrogen-bond donors (Lipinski definition) is 2. The van der Waals surface area contributed by atoms with Crippen molar-refractivity contribution in [2.45, 2.75) is 39.2 Å². The van der Waals surface area contributed by atoms with Crippen molar-refractivity contribution >= 4 is 35.0 Å². The fourth-order valence-corrected chi connectivity index (χ4v) is 4.74. The maximum Gasteiger partial charge on any atom is 0.323 e. The second kappa shape index (κ2) is 14.0. The SMILES string of the molecule is C[C@H](CC(=O)O)Cc1cn(CC(=O)O)c2c(C=Cc3ccc(OCCCCOc4ccccc4)cc3)cccc12. The summed E-state index contributed by atoms with van der Waals surface area (Å²) in [6.07, 6.45) is 8.24. The van der Waals surface area contributed by atoms with E-state index in [-0.39, 0.29) is 18.9 Å². The van der Waals surface area contributed by atoms with Crippen molar-refractivity contribution in [3.8, 4) is 11.5 Å². The first-order valence-corrected chi connectivity index (χ1v) is 13.5. The molecule has 7 heteroatoms. The number of nitrogens with zero attached hydrogens (tertiary/aromatic N) is 1. The van der Waals surface area contributed by atoms with Crippen LogP contribution in [0.1, 0.15) is 42.9 Å². The Morgan fingerprint density at radius 2 is 1.50 bits per heavy atom. The zero-order valence-corrected chi connectivity index (χ0v) is 22.7. The van der Waals surface area contributed by atoms with Gasteiger partial charge in [0.25, 0.3) is 0 Å². The molecular formula is C33H35NO6. The Bertz CT molecular complexity index is 1440. The predicted octanol–water partition coefficient (Wildman–Crippen LogP) is 6.79. The van der Waals surface area contributed by atoms with Crippen molar-refractivity contribution in [3.63, 3.8) is 0 Å². The van der Waals surface area contributed by atoms with Crippen molar-refractivity contribution < 1.29 is 29.3 Å². The number of aromatic nitrogens is 1. The zero-order valence-electron chi connectivity index (χ0n) is 22.7. The second-order valence-corrected chi connectivity index (χ2v) is 9.95. The number of benzene rings is 3. The number of carboxylic acid groups (broad SMARTS) is 2. The van der Waals surface area contributed by atoms with Crippen LogP contribution in [0.25, 0.3) is 23.1 Å². The zero-order chi connectivity index (χ0) is 28.3. The minimum Gasteiger partial charge on any atom is -0.494 e. The lowest BCUT2D eigenvalue weighted by Gasteiger charge is -2.08. The smallest absolute Gasteiger partial charge is 0.323 e. The van der Waals surface area contributed by atoms with E-state index in [0.29, 0.717) is 19.6 Å². The number of unbranched alkanes of at least 4 members (excludes halogenated alkanes) is 1. The molecule has 3 aromatic carbocycles. The molecule has 1 atom stereocenters. The fraction of sp³-hybridized carbons (Fsp3) is 0.273. The summed E-state index contributed by atoms with van der Waals surface area (Å²) in [6, 6.07) is 23.5. The van der Waals surface area contributed by atoms with Gasteiger partial charge in [-0.05, 0) is 66.1 Å². The van der Waals surface area contributed by atoms with E-state index < -0.39 is 11.9 Å². The Kier molecular flexibility index (Phi) is 9.99. The van der Waals surface area contributed by atoms with Crippen LogP contribution in [0, 0.1) is 5.92 Å². The van der Waals surface area contributed by atoms with Gasteiger partial charge >= 0.3 is 11.9 Å². The highest BCUT2D eigenvalue weighted by Crippen LogP contribution is 2.29. The average molecular weight is 542 g/mol. The Balaban J connectivity index is 1.38. The third kappa shape index (κ3) is 8.24. The summed E-state index contributed by atoms with van der Waals surface area (Å²) in [7, 11) is 0. The van der Waals surface area contributed by atoms with Gasteiger partial charge in [-0.3, -0.25) is 9.59 Å². The first-order chi connectivity index (χ1) is 19.4. The van der Waals surface area contributed by atoms with Crippen LogP contribution < -0.4 is 9.47 Å². The monoisotopic (exact) mass is 541 g/mol. The number of hydrogen-bond acceptors (Lipinski definition) is 4. The van der Waals surface area contributed by atoms with Gasteiger partial charge in [0.2, 0.25) is 0 Å².